The van der Waals surface area contributed by atoms with Crippen LogP contribution in [0.3, 0.4) is 0 Å². The summed E-state index contributed by atoms with van der Waals surface area (Å²) in [6.45, 7) is 0.386. The minimum atomic E-state index is -1.51. The number of amides is 2. The van der Waals surface area contributed by atoms with E-state index in [4.69, 9.17) is 0 Å². The number of benzene rings is 2. The van der Waals surface area contributed by atoms with Gasteiger partial charge in [-0.05, 0) is 41.8 Å². The van der Waals surface area contributed by atoms with Crippen LogP contribution in [0, 0.1) is 17.5 Å². The number of carbonyl (C=O) groups excluding carboxylic acids is 2. The minimum absolute atomic E-state index is 0.0337. The van der Waals surface area contributed by atoms with Crippen molar-refractivity contribution in [3.63, 3.8) is 0 Å². The van der Waals surface area contributed by atoms with Crippen molar-refractivity contribution >= 4 is 11.8 Å². The number of nitrogens with one attached hydrogen (secondary N) is 2. The van der Waals surface area contributed by atoms with Crippen LogP contribution in [0.15, 0.2) is 36.4 Å². The molecule has 1 fully saturated rings. The summed E-state index contributed by atoms with van der Waals surface area (Å²) in [6, 6.07) is 7.77. The van der Waals surface area contributed by atoms with Crippen molar-refractivity contribution < 1.29 is 22.8 Å². The third-order valence-electron chi connectivity index (χ3n) is 4.06. The average molecular weight is 348 g/mol. The lowest BCUT2D eigenvalue weighted by molar-refractivity contribution is -0.122. The fourth-order valence-corrected chi connectivity index (χ4v) is 2.66. The highest BCUT2D eigenvalue weighted by Gasteiger charge is 2.20. The van der Waals surface area contributed by atoms with Crippen LogP contribution in [0.25, 0.3) is 11.1 Å². The Balaban J connectivity index is 1.71. The zero-order chi connectivity index (χ0) is 18.0. The lowest BCUT2D eigenvalue weighted by Crippen LogP contribution is -2.47. The first-order valence-corrected chi connectivity index (χ1v) is 7.76. The Labute approximate surface area is 142 Å². The van der Waals surface area contributed by atoms with Crippen LogP contribution in [0.4, 0.5) is 13.2 Å². The molecule has 2 aromatic carbocycles. The number of hydrogen-bond donors (Lipinski definition) is 2. The first kappa shape index (κ1) is 17.0. The van der Waals surface area contributed by atoms with Gasteiger partial charge in [0.2, 0.25) is 5.91 Å². The van der Waals surface area contributed by atoms with Crippen molar-refractivity contribution in [1.29, 1.82) is 0 Å². The van der Waals surface area contributed by atoms with Gasteiger partial charge >= 0.3 is 0 Å². The summed E-state index contributed by atoms with van der Waals surface area (Å²) in [6.07, 6.45) is 0.940. The lowest BCUT2D eigenvalue weighted by Gasteiger charge is -2.23. The summed E-state index contributed by atoms with van der Waals surface area (Å²) in [4.78, 5) is 23.3. The van der Waals surface area contributed by atoms with Gasteiger partial charge in [-0.25, -0.2) is 13.2 Å². The molecule has 0 spiro atoms. The van der Waals surface area contributed by atoms with Gasteiger partial charge in [0.1, 0.15) is 0 Å². The van der Waals surface area contributed by atoms with Crippen LogP contribution in [0.1, 0.15) is 23.2 Å². The molecule has 1 aliphatic rings. The Morgan fingerprint density at radius 3 is 2.24 bits per heavy atom. The summed E-state index contributed by atoms with van der Waals surface area (Å²) in [5.74, 6) is -4.38. The number of piperidine rings is 1. The molecule has 4 nitrogen and oxygen atoms in total. The summed E-state index contributed by atoms with van der Waals surface area (Å²) >= 11 is 0. The first-order valence-electron chi connectivity index (χ1n) is 7.76. The van der Waals surface area contributed by atoms with Gasteiger partial charge in [0.25, 0.3) is 5.91 Å². The maximum absolute atomic E-state index is 13.3. The molecule has 2 amide bonds. The third kappa shape index (κ3) is 3.81. The largest absolute Gasteiger partial charge is 0.354 e. The molecule has 0 aliphatic carbocycles. The van der Waals surface area contributed by atoms with Gasteiger partial charge in [-0.1, -0.05) is 12.1 Å². The molecule has 0 aromatic heterocycles. The van der Waals surface area contributed by atoms with E-state index in [1.165, 1.54) is 24.3 Å². The Hall–Kier alpha value is -2.83. The highest BCUT2D eigenvalue weighted by Crippen LogP contribution is 2.24. The molecule has 1 atom stereocenters. The number of carbonyl (C=O) groups is 2. The van der Waals surface area contributed by atoms with Crippen LogP contribution in [0.5, 0.6) is 0 Å². The molecular formula is C18H15F3N2O2. The van der Waals surface area contributed by atoms with Gasteiger partial charge in [-0.15, -0.1) is 0 Å². The van der Waals surface area contributed by atoms with Gasteiger partial charge < -0.3 is 10.6 Å². The van der Waals surface area contributed by atoms with Crippen LogP contribution in [0.2, 0.25) is 0 Å². The van der Waals surface area contributed by atoms with Gasteiger partial charge in [-0.3, -0.25) is 9.59 Å². The molecule has 130 valence electrons. The van der Waals surface area contributed by atoms with E-state index >= 15 is 0 Å². The van der Waals surface area contributed by atoms with Crippen molar-refractivity contribution in [1.82, 2.24) is 10.6 Å². The normalized spacial score (nSPS) is 17.1. The van der Waals surface area contributed by atoms with Crippen LogP contribution < -0.4 is 10.6 Å². The predicted molar refractivity (Wildman–Crippen MR) is 85.2 cm³/mol. The van der Waals surface area contributed by atoms with Crippen molar-refractivity contribution in [3.05, 3.63) is 59.4 Å². The van der Waals surface area contributed by atoms with Crippen LogP contribution in [-0.4, -0.2) is 24.4 Å². The molecule has 25 heavy (non-hydrogen) atoms. The highest BCUT2D eigenvalue weighted by molar-refractivity contribution is 5.95. The monoisotopic (exact) mass is 348 g/mol. The minimum Gasteiger partial charge on any atom is -0.354 e. The Morgan fingerprint density at radius 2 is 1.68 bits per heavy atom. The summed E-state index contributed by atoms with van der Waals surface area (Å²) in [7, 11) is 0. The molecule has 0 saturated carbocycles. The van der Waals surface area contributed by atoms with Gasteiger partial charge in [0.05, 0.1) is 0 Å². The fraction of sp³-hybridized carbons (Fsp3) is 0.222. The molecule has 2 N–H and O–H groups in total. The van der Waals surface area contributed by atoms with E-state index in [0.29, 0.717) is 30.5 Å². The molecule has 2 aromatic rings. The van der Waals surface area contributed by atoms with E-state index in [9.17, 15) is 22.8 Å². The van der Waals surface area contributed by atoms with Gasteiger partial charge in [-0.2, -0.15) is 0 Å². The zero-order valence-electron chi connectivity index (χ0n) is 13.1. The van der Waals surface area contributed by atoms with Gasteiger partial charge in [0.15, 0.2) is 17.5 Å². The zero-order valence-corrected chi connectivity index (χ0v) is 13.1. The third-order valence-corrected chi connectivity index (χ3v) is 4.06. The molecule has 0 bridgehead atoms. The maximum Gasteiger partial charge on any atom is 0.251 e. The van der Waals surface area contributed by atoms with Crippen molar-refractivity contribution in [3.8, 4) is 11.1 Å². The van der Waals surface area contributed by atoms with Gasteiger partial charge in [0, 0.05) is 24.6 Å². The summed E-state index contributed by atoms with van der Waals surface area (Å²) in [5, 5.41) is 5.50. The highest BCUT2D eigenvalue weighted by atomic mass is 19.2. The molecule has 1 aliphatic heterocycles. The van der Waals surface area contributed by atoms with E-state index < -0.39 is 17.5 Å². The molecular weight excluding hydrogens is 333 g/mol. The number of halogens is 3. The van der Waals surface area contributed by atoms with E-state index in [1.807, 2.05) is 0 Å². The molecule has 1 saturated heterocycles. The predicted octanol–water partition coefficient (Wildman–Crippen LogP) is 2.78. The molecule has 1 unspecified atom stereocenters. The van der Waals surface area contributed by atoms with E-state index in [0.717, 1.165) is 12.1 Å². The van der Waals surface area contributed by atoms with Crippen molar-refractivity contribution in [2.75, 3.05) is 6.54 Å². The van der Waals surface area contributed by atoms with E-state index in [-0.39, 0.29) is 23.4 Å². The second-order valence-electron chi connectivity index (χ2n) is 5.84. The average Bonchev–Trinajstić information content (AvgIpc) is 2.61. The van der Waals surface area contributed by atoms with Crippen LogP contribution >= 0.6 is 0 Å². The SMILES string of the molecule is O=C1CCC(NC(=O)c2ccc(-c3cc(F)c(F)c(F)c3)cc2)CN1. The second-order valence-corrected chi connectivity index (χ2v) is 5.84. The Morgan fingerprint density at radius 1 is 1.04 bits per heavy atom. The molecule has 1 heterocycles. The molecule has 3 rings (SSSR count). The standard InChI is InChI=1S/C18H15F3N2O2/c19-14-7-12(8-15(20)17(14)21)10-1-3-11(4-2-10)18(25)23-13-5-6-16(24)22-9-13/h1-4,7-8,13H,5-6,9H2,(H,22,24)(H,23,25). The topological polar surface area (TPSA) is 58.2 Å². The van der Waals surface area contributed by atoms with Crippen molar-refractivity contribution in [2.24, 2.45) is 0 Å². The Kier molecular flexibility index (Phi) is 4.74. The summed E-state index contributed by atoms with van der Waals surface area (Å²) in [5.41, 5.74) is 1.02. The quantitative estimate of drug-likeness (QED) is 0.838. The number of hydrogen-bond acceptors (Lipinski definition) is 2. The lowest BCUT2D eigenvalue weighted by atomic mass is 10.0. The van der Waals surface area contributed by atoms with E-state index in [2.05, 4.69) is 10.6 Å². The number of rotatable bonds is 3. The fourth-order valence-electron chi connectivity index (χ4n) is 2.66. The van der Waals surface area contributed by atoms with Crippen molar-refractivity contribution in [2.45, 2.75) is 18.9 Å². The first-order chi connectivity index (χ1) is 11.9. The van der Waals surface area contributed by atoms with E-state index in [1.54, 1.807) is 0 Å². The molecule has 0 radical (unpaired) electrons. The second kappa shape index (κ2) is 6.96. The molecule has 7 heteroatoms. The van der Waals surface area contributed by atoms with Crippen LogP contribution in [-0.2, 0) is 4.79 Å². The summed E-state index contributed by atoms with van der Waals surface area (Å²) < 4.78 is 39.6. The smallest absolute Gasteiger partial charge is 0.251 e. The maximum atomic E-state index is 13.3. The Bertz CT molecular complexity index is 789.